The van der Waals surface area contributed by atoms with E-state index in [1.54, 1.807) is 30.5 Å². The fourth-order valence-electron chi connectivity index (χ4n) is 2.73. The third-order valence-corrected chi connectivity index (χ3v) is 5.02. The lowest BCUT2D eigenvalue weighted by atomic mass is 10.1. The molecule has 1 aromatic heterocycles. The van der Waals surface area contributed by atoms with Gasteiger partial charge in [0.1, 0.15) is 0 Å². The molecule has 2 aromatic carbocycles. The molecule has 7 heteroatoms. The molecule has 144 valence electrons. The van der Waals surface area contributed by atoms with Crippen molar-refractivity contribution in [2.45, 2.75) is 25.9 Å². The minimum Gasteiger partial charge on any atom is -0.326 e. The van der Waals surface area contributed by atoms with Gasteiger partial charge in [-0.25, -0.2) is 4.98 Å². The van der Waals surface area contributed by atoms with Crippen molar-refractivity contribution in [1.82, 2.24) is 9.55 Å². The maximum absolute atomic E-state index is 12.3. The fraction of sp³-hybridized carbons (Fsp3) is 0.190. The van der Waals surface area contributed by atoms with Gasteiger partial charge in [-0.2, -0.15) is 0 Å². The SMILES string of the molecule is CC(=O)Nc1ccc(NC(=O)CSc2nccn2-c2cc(C)ccc2C)cc1. The van der Waals surface area contributed by atoms with Crippen molar-refractivity contribution in [2.75, 3.05) is 16.4 Å². The number of nitrogens with one attached hydrogen (secondary N) is 2. The predicted molar refractivity (Wildman–Crippen MR) is 113 cm³/mol. The molecule has 0 radical (unpaired) electrons. The van der Waals surface area contributed by atoms with Crippen LogP contribution >= 0.6 is 11.8 Å². The Labute approximate surface area is 168 Å². The Bertz CT molecular complexity index is 996. The van der Waals surface area contributed by atoms with E-state index in [-0.39, 0.29) is 17.6 Å². The molecule has 3 rings (SSSR count). The molecular formula is C21H22N4O2S. The Morgan fingerprint density at radius 2 is 1.71 bits per heavy atom. The number of thioether (sulfide) groups is 1. The highest BCUT2D eigenvalue weighted by atomic mass is 32.2. The van der Waals surface area contributed by atoms with E-state index < -0.39 is 0 Å². The highest BCUT2D eigenvalue weighted by molar-refractivity contribution is 7.99. The Hall–Kier alpha value is -3.06. The van der Waals surface area contributed by atoms with Crippen molar-refractivity contribution in [3.05, 3.63) is 66.0 Å². The number of nitrogens with zero attached hydrogens (tertiary/aromatic N) is 2. The fourth-order valence-corrected chi connectivity index (χ4v) is 3.49. The van der Waals surface area contributed by atoms with Gasteiger partial charge < -0.3 is 10.6 Å². The van der Waals surface area contributed by atoms with Gasteiger partial charge in [0.25, 0.3) is 0 Å². The molecule has 3 aromatic rings. The Kier molecular flexibility index (Phi) is 6.16. The standard InChI is InChI=1S/C21H22N4O2S/c1-14-4-5-15(2)19(12-14)25-11-10-22-21(25)28-13-20(27)24-18-8-6-17(7-9-18)23-16(3)26/h4-12H,13H2,1-3H3,(H,23,26)(H,24,27). The lowest BCUT2D eigenvalue weighted by molar-refractivity contribution is -0.114. The number of hydrogen-bond donors (Lipinski definition) is 2. The average molecular weight is 395 g/mol. The van der Waals surface area contributed by atoms with Gasteiger partial charge in [0.15, 0.2) is 5.16 Å². The molecule has 0 aliphatic heterocycles. The normalized spacial score (nSPS) is 10.5. The molecule has 28 heavy (non-hydrogen) atoms. The van der Waals surface area contributed by atoms with Crippen LogP contribution in [0.4, 0.5) is 11.4 Å². The zero-order valence-electron chi connectivity index (χ0n) is 16.0. The summed E-state index contributed by atoms with van der Waals surface area (Å²) >= 11 is 1.38. The number of amides is 2. The first-order valence-corrected chi connectivity index (χ1v) is 9.82. The van der Waals surface area contributed by atoms with Crippen molar-refractivity contribution < 1.29 is 9.59 Å². The predicted octanol–water partition coefficient (Wildman–Crippen LogP) is 4.18. The van der Waals surface area contributed by atoms with Crippen molar-refractivity contribution >= 4 is 35.0 Å². The summed E-state index contributed by atoms with van der Waals surface area (Å²) in [7, 11) is 0. The minimum absolute atomic E-state index is 0.118. The lowest BCUT2D eigenvalue weighted by Gasteiger charge is -2.11. The van der Waals surface area contributed by atoms with Crippen LogP contribution in [0.3, 0.4) is 0 Å². The first-order valence-electron chi connectivity index (χ1n) is 8.83. The molecule has 0 atom stereocenters. The summed E-state index contributed by atoms with van der Waals surface area (Å²) in [6.45, 7) is 5.56. The van der Waals surface area contributed by atoms with Crippen LogP contribution in [-0.2, 0) is 9.59 Å². The number of carbonyl (C=O) groups excluding carboxylic acids is 2. The monoisotopic (exact) mass is 394 g/mol. The van der Waals surface area contributed by atoms with Crippen LogP contribution in [0.25, 0.3) is 5.69 Å². The van der Waals surface area contributed by atoms with Gasteiger partial charge >= 0.3 is 0 Å². The smallest absolute Gasteiger partial charge is 0.234 e. The number of aromatic nitrogens is 2. The lowest BCUT2D eigenvalue weighted by Crippen LogP contribution is -2.14. The third-order valence-electron chi connectivity index (χ3n) is 4.05. The summed E-state index contributed by atoms with van der Waals surface area (Å²) in [6, 6.07) is 13.3. The second kappa shape index (κ2) is 8.75. The number of hydrogen-bond acceptors (Lipinski definition) is 4. The number of benzene rings is 2. The zero-order chi connectivity index (χ0) is 20.1. The maximum atomic E-state index is 12.3. The largest absolute Gasteiger partial charge is 0.326 e. The average Bonchev–Trinajstić information content (AvgIpc) is 3.11. The minimum atomic E-state index is -0.132. The number of imidazole rings is 1. The second-order valence-electron chi connectivity index (χ2n) is 6.47. The van der Waals surface area contributed by atoms with E-state index in [1.807, 2.05) is 10.8 Å². The molecule has 0 bridgehead atoms. The Morgan fingerprint density at radius 1 is 1.04 bits per heavy atom. The zero-order valence-corrected chi connectivity index (χ0v) is 16.8. The summed E-state index contributed by atoms with van der Waals surface area (Å²) in [5.41, 5.74) is 4.75. The number of anilines is 2. The quantitative estimate of drug-likeness (QED) is 0.615. The summed E-state index contributed by atoms with van der Waals surface area (Å²) in [4.78, 5) is 27.7. The van der Waals surface area contributed by atoms with Gasteiger partial charge in [-0.15, -0.1) is 0 Å². The van der Waals surface area contributed by atoms with Crippen LogP contribution in [0, 0.1) is 13.8 Å². The Balaban J connectivity index is 1.62. The number of carbonyl (C=O) groups is 2. The molecule has 0 saturated heterocycles. The van der Waals surface area contributed by atoms with Crippen molar-refractivity contribution in [1.29, 1.82) is 0 Å². The van der Waals surface area contributed by atoms with Crippen LogP contribution < -0.4 is 10.6 Å². The number of aryl methyl sites for hydroxylation is 2. The maximum Gasteiger partial charge on any atom is 0.234 e. The molecule has 6 nitrogen and oxygen atoms in total. The summed E-state index contributed by atoms with van der Waals surface area (Å²) < 4.78 is 2.00. The molecule has 0 spiro atoms. The van der Waals surface area contributed by atoms with Crippen LogP contribution in [0.2, 0.25) is 0 Å². The highest BCUT2D eigenvalue weighted by Gasteiger charge is 2.11. The summed E-state index contributed by atoms with van der Waals surface area (Å²) in [6.07, 6.45) is 3.64. The molecule has 2 N–H and O–H groups in total. The second-order valence-corrected chi connectivity index (χ2v) is 7.41. The van der Waals surface area contributed by atoms with Gasteiger partial charge in [0.2, 0.25) is 11.8 Å². The van der Waals surface area contributed by atoms with Crippen molar-refractivity contribution in [2.24, 2.45) is 0 Å². The van der Waals surface area contributed by atoms with Gasteiger partial charge in [-0.3, -0.25) is 14.2 Å². The molecule has 0 unspecified atom stereocenters. The molecular weight excluding hydrogens is 372 g/mol. The molecule has 2 amide bonds. The van der Waals surface area contributed by atoms with E-state index in [0.29, 0.717) is 11.4 Å². The van der Waals surface area contributed by atoms with Crippen LogP contribution in [0.1, 0.15) is 18.1 Å². The molecule has 0 aliphatic rings. The summed E-state index contributed by atoms with van der Waals surface area (Å²) in [5, 5.41) is 6.32. The number of rotatable bonds is 6. The topological polar surface area (TPSA) is 76.0 Å². The van der Waals surface area contributed by atoms with Gasteiger partial charge in [0, 0.05) is 30.7 Å². The van der Waals surface area contributed by atoms with E-state index in [9.17, 15) is 9.59 Å². The molecule has 0 saturated carbocycles. The van der Waals surface area contributed by atoms with Crippen LogP contribution in [-0.4, -0.2) is 27.1 Å². The van der Waals surface area contributed by atoms with Gasteiger partial charge in [0.05, 0.1) is 11.4 Å². The Morgan fingerprint density at radius 3 is 2.39 bits per heavy atom. The highest BCUT2D eigenvalue weighted by Crippen LogP contribution is 2.24. The van der Waals surface area contributed by atoms with E-state index in [0.717, 1.165) is 16.4 Å². The van der Waals surface area contributed by atoms with E-state index in [2.05, 4.69) is 47.7 Å². The van der Waals surface area contributed by atoms with E-state index >= 15 is 0 Å². The van der Waals surface area contributed by atoms with Gasteiger partial charge in [-0.05, 0) is 55.3 Å². The van der Waals surface area contributed by atoms with Crippen LogP contribution in [0.5, 0.6) is 0 Å². The van der Waals surface area contributed by atoms with Crippen molar-refractivity contribution in [3.63, 3.8) is 0 Å². The first kappa shape index (κ1) is 19.7. The molecule has 0 aliphatic carbocycles. The summed E-state index contributed by atoms with van der Waals surface area (Å²) in [5.74, 6) is -0.00434. The molecule has 0 fully saturated rings. The van der Waals surface area contributed by atoms with Gasteiger partial charge in [-0.1, -0.05) is 23.9 Å². The van der Waals surface area contributed by atoms with E-state index in [1.165, 1.54) is 24.2 Å². The van der Waals surface area contributed by atoms with E-state index in [4.69, 9.17) is 0 Å². The van der Waals surface area contributed by atoms with Crippen molar-refractivity contribution in [3.8, 4) is 5.69 Å². The first-order chi connectivity index (χ1) is 13.4. The van der Waals surface area contributed by atoms with Crippen LogP contribution in [0.15, 0.2) is 60.0 Å². The molecule has 1 heterocycles. The third kappa shape index (κ3) is 5.01.